The Morgan fingerprint density at radius 2 is 2.14 bits per heavy atom. The number of hydrogen-bond acceptors (Lipinski definition) is 3. The Kier molecular flexibility index (Phi) is 3.67. The number of carbonyl (C=O) groups excluding carboxylic acids is 1. The molecule has 0 spiro atoms. The molecule has 1 aromatic rings. The third-order valence-corrected chi connectivity index (χ3v) is 1.82. The maximum atomic E-state index is 11.4. The fourth-order valence-electron chi connectivity index (χ4n) is 1.19. The standard InChI is InChI=1S/C10H12N2O2/c1-2-12(10(13)8-11-14)9-6-4-3-5-7-9/h3-8,14H,2H2,1H3/b11-8-. The van der Waals surface area contributed by atoms with Gasteiger partial charge in [-0.25, -0.2) is 0 Å². The smallest absolute Gasteiger partial charge is 0.272 e. The van der Waals surface area contributed by atoms with E-state index in [-0.39, 0.29) is 5.91 Å². The molecule has 4 heteroatoms. The summed E-state index contributed by atoms with van der Waals surface area (Å²) in [4.78, 5) is 12.9. The molecule has 0 atom stereocenters. The topological polar surface area (TPSA) is 52.9 Å². The second-order valence-corrected chi connectivity index (χ2v) is 2.66. The van der Waals surface area contributed by atoms with Gasteiger partial charge in [0.25, 0.3) is 5.91 Å². The molecule has 0 radical (unpaired) electrons. The van der Waals surface area contributed by atoms with Gasteiger partial charge in [0.05, 0.1) is 0 Å². The van der Waals surface area contributed by atoms with Crippen molar-refractivity contribution in [1.29, 1.82) is 0 Å². The van der Waals surface area contributed by atoms with E-state index >= 15 is 0 Å². The van der Waals surface area contributed by atoms with Crippen molar-refractivity contribution in [3.05, 3.63) is 30.3 Å². The zero-order valence-electron chi connectivity index (χ0n) is 7.92. The van der Waals surface area contributed by atoms with Gasteiger partial charge in [0.2, 0.25) is 0 Å². The van der Waals surface area contributed by atoms with E-state index in [1.54, 1.807) is 0 Å². The van der Waals surface area contributed by atoms with Gasteiger partial charge in [-0.15, -0.1) is 0 Å². The number of nitrogens with zero attached hydrogens (tertiary/aromatic N) is 2. The van der Waals surface area contributed by atoms with Gasteiger partial charge in [-0.2, -0.15) is 0 Å². The average Bonchev–Trinajstić information content (AvgIpc) is 2.21. The highest BCUT2D eigenvalue weighted by Gasteiger charge is 2.10. The Morgan fingerprint density at radius 1 is 1.50 bits per heavy atom. The van der Waals surface area contributed by atoms with Gasteiger partial charge in [0.15, 0.2) is 0 Å². The van der Waals surface area contributed by atoms with E-state index in [0.717, 1.165) is 11.9 Å². The minimum Gasteiger partial charge on any atom is -0.411 e. The van der Waals surface area contributed by atoms with Crippen LogP contribution in [-0.2, 0) is 4.79 Å². The van der Waals surface area contributed by atoms with Crippen LogP contribution in [0.3, 0.4) is 0 Å². The van der Waals surface area contributed by atoms with Gasteiger partial charge >= 0.3 is 0 Å². The Hall–Kier alpha value is -1.84. The van der Waals surface area contributed by atoms with E-state index in [1.807, 2.05) is 37.3 Å². The summed E-state index contributed by atoms with van der Waals surface area (Å²) in [5.41, 5.74) is 0.792. The molecule has 1 amide bonds. The fraction of sp³-hybridized carbons (Fsp3) is 0.200. The zero-order valence-corrected chi connectivity index (χ0v) is 7.92. The molecule has 1 rings (SSSR count). The third kappa shape index (κ3) is 2.32. The highest BCUT2D eigenvalue weighted by Crippen LogP contribution is 2.12. The quantitative estimate of drug-likeness (QED) is 0.448. The minimum atomic E-state index is -0.332. The van der Waals surface area contributed by atoms with E-state index in [4.69, 9.17) is 5.21 Å². The lowest BCUT2D eigenvalue weighted by Gasteiger charge is -2.18. The predicted molar refractivity (Wildman–Crippen MR) is 54.7 cm³/mol. The minimum absolute atomic E-state index is 0.332. The zero-order chi connectivity index (χ0) is 10.4. The van der Waals surface area contributed by atoms with Gasteiger partial charge in [0, 0.05) is 12.2 Å². The van der Waals surface area contributed by atoms with Crippen molar-refractivity contribution in [2.24, 2.45) is 5.16 Å². The molecule has 0 unspecified atom stereocenters. The highest BCUT2D eigenvalue weighted by molar-refractivity contribution is 6.32. The first-order valence-corrected chi connectivity index (χ1v) is 4.33. The van der Waals surface area contributed by atoms with Gasteiger partial charge in [-0.3, -0.25) is 4.79 Å². The number of benzene rings is 1. The van der Waals surface area contributed by atoms with Crippen LogP contribution in [-0.4, -0.2) is 23.9 Å². The Bertz CT molecular complexity index is 322. The van der Waals surface area contributed by atoms with Crippen molar-refractivity contribution in [2.75, 3.05) is 11.4 Å². The summed E-state index contributed by atoms with van der Waals surface area (Å²) in [5.74, 6) is -0.332. The summed E-state index contributed by atoms with van der Waals surface area (Å²) >= 11 is 0. The molecule has 0 aliphatic carbocycles. The summed E-state index contributed by atoms with van der Waals surface area (Å²) in [6.07, 6.45) is 0.885. The molecule has 0 aliphatic heterocycles. The summed E-state index contributed by atoms with van der Waals surface area (Å²) in [5, 5.41) is 11.0. The SMILES string of the molecule is CCN(C(=O)/C=N\O)c1ccccc1. The third-order valence-electron chi connectivity index (χ3n) is 1.82. The number of amides is 1. The summed E-state index contributed by atoms with van der Waals surface area (Å²) in [7, 11) is 0. The van der Waals surface area contributed by atoms with Crippen LogP contribution in [0.4, 0.5) is 5.69 Å². The number of carbonyl (C=O) groups is 1. The summed E-state index contributed by atoms with van der Waals surface area (Å²) < 4.78 is 0. The molecular formula is C10H12N2O2. The molecule has 1 aromatic carbocycles. The van der Waals surface area contributed by atoms with Crippen LogP contribution in [0.25, 0.3) is 0 Å². The van der Waals surface area contributed by atoms with E-state index in [1.165, 1.54) is 4.90 Å². The number of para-hydroxylation sites is 1. The lowest BCUT2D eigenvalue weighted by molar-refractivity contribution is -0.112. The summed E-state index contributed by atoms with van der Waals surface area (Å²) in [6, 6.07) is 9.23. The van der Waals surface area contributed by atoms with Crippen LogP contribution < -0.4 is 4.90 Å². The molecule has 0 bridgehead atoms. The predicted octanol–water partition coefficient (Wildman–Crippen LogP) is 1.50. The van der Waals surface area contributed by atoms with Gasteiger partial charge in [-0.1, -0.05) is 23.4 Å². The van der Waals surface area contributed by atoms with Crippen molar-refractivity contribution < 1.29 is 10.0 Å². The maximum Gasteiger partial charge on any atom is 0.272 e. The molecule has 0 saturated carbocycles. The number of anilines is 1. The van der Waals surface area contributed by atoms with Gasteiger partial charge in [-0.05, 0) is 19.1 Å². The molecule has 14 heavy (non-hydrogen) atoms. The highest BCUT2D eigenvalue weighted by atomic mass is 16.4. The number of hydrogen-bond donors (Lipinski definition) is 1. The van der Waals surface area contributed by atoms with Crippen LogP contribution in [0, 0.1) is 0 Å². The number of oxime groups is 1. The molecule has 0 aliphatic rings. The molecule has 0 aromatic heterocycles. The van der Waals surface area contributed by atoms with Crippen LogP contribution >= 0.6 is 0 Å². The molecule has 0 heterocycles. The summed E-state index contributed by atoms with van der Waals surface area (Å²) in [6.45, 7) is 2.39. The molecule has 1 N–H and O–H groups in total. The fourth-order valence-corrected chi connectivity index (χ4v) is 1.19. The lowest BCUT2D eigenvalue weighted by Crippen LogP contribution is -2.31. The first-order valence-electron chi connectivity index (χ1n) is 4.33. The van der Waals surface area contributed by atoms with E-state index in [0.29, 0.717) is 6.54 Å². The van der Waals surface area contributed by atoms with Crippen LogP contribution in [0.1, 0.15) is 6.92 Å². The molecular weight excluding hydrogens is 180 g/mol. The Morgan fingerprint density at radius 3 is 2.64 bits per heavy atom. The molecule has 0 fully saturated rings. The average molecular weight is 192 g/mol. The largest absolute Gasteiger partial charge is 0.411 e. The van der Waals surface area contributed by atoms with Crippen molar-refractivity contribution in [2.45, 2.75) is 6.92 Å². The molecule has 74 valence electrons. The lowest BCUT2D eigenvalue weighted by atomic mass is 10.3. The van der Waals surface area contributed by atoms with Crippen LogP contribution in [0.15, 0.2) is 35.5 Å². The van der Waals surface area contributed by atoms with Gasteiger partial charge in [0.1, 0.15) is 6.21 Å². The second-order valence-electron chi connectivity index (χ2n) is 2.66. The van der Waals surface area contributed by atoms with E-state index in [2.05, 4.69) is 5.16 Å². The van der Waals surface area contributed by atoms with Crippen LogP contribution in [0.2, 0.25) is 0 Å². The first-order chi connectivity index (χ1) is 6.79. The Balaban J connectivity index is 2.88. The first kappa shape index (κ1) is 10.2. The van der Waals surface area contributed by atoms with Crippen LogP contribution in [0.5, 0.6) is 0 Å². The van der Waals surface area contributed by atoms with E-state index in [9.17, 15) is 4.79 Å². The van der Waals surface area contributed by atoms with Crippen molar-refractivity contribution in [1.82, 2.24) is 0 Å². The van der Waals surface area contributed by atoms with Crippen molar-refractivity contribution in [3.63, 3.8) is 0 Å². The second kappa shape index (κ2) is 5.01. The van der Waals surface area contributed by atoms with E-state index < -0.39 is 0 Å². The van der Waals surface area contributed by atoms with Crippen molar-refractivity contribution in [3.8, 4) is 0 Å². The maximum absolute atomic E-state index is 11.4. The molecule has 4 nitrogen and oxygen atoms in total. The molecule has 0 saturated heterocycles. The normalized spacial score (nSPS) is 10.4. The monoisotopic (exact) mass is 192 g/mol. The Labute approximate surface area is 82.5 Å². The number of rotatable bonds is 3. The van der Waals surface area contributed by atoms with Gasteiger partial charge < -0.3 is 10.1 Å². The van der Waals surface area contributed by atoms with Crippen molar-refractivity contribution >= 4 is 17.8 Å².